The minimum Gasteiger partial charge on any atom is -0.376 e. The molecule has 2 atom stereocenters. The van der Waals surface area contributed by atoms with Crippen LogP contribution in [0.15, 0.2) is 29.4 Å². The number of hydrogen-bond acceptors (Lipinski definition) is 6. The monoisotopic (exact) mass is 477 g/mol. The van der Waals surface area contributed by atoms with Crippen LogP contribution in [0.2, 0.25) is 5.02 Å². The van der Waals surface area contributed by atoms with Crippen LogP contribution in [0.5, 0.6) is 0 Å². The van der Waals surface area contributed by atoms with Crippen molar-refractivity contribution < 1.29 is 9.53 Å². The third kappa shape index (κ3) is 5.77. The minimum atomic E-state index is -0.160. The van der Waals surface area contributed by atoms with Crippen molar-refractivity contribution in [2.75, 3.05) is 30.3 Å². The summed E-state index contributed by atoms with van der Waals surface area (Å²) in [5, 5.41) is 13.4. The standard InChI is InChI=1S/C23H32ClN5O2S/c1-16-9-11-28(12-10-16)22-26-27-23(29(22)14-18-6-5-13-31-18)32-15-21(30)25-17(2)19-7-3-4-8-20(19)24/h3-4,7-8,16-18H,5-6,9-15H2,1-2H3,(H,25,30). The Morgan fingerprint density at radius 1 is 1.28 bits per heavy atom. The molecule has 2 aromatic rings. The summed E-state index contributed by atoms with van der Waals surface area (Å²) in [5.41, 5.74) is 0.913. The number of benzene rings is 1. The van der Waals surface area contributed by atoms with E-state index in [1.54, 1.807) is 0 Å². The Hall–Kier alpha value is -1.77. The quantitative estimate of drug-likeness (QED) is 0.571. The highest BCUT2D eigenvalue weighted by molar-refractivity contribution is 7.99. The van der Waals surface area contributed by atoms with Crippen molar-refractivity contribution in [1.82, 2.24) is 20.1 Å². The van der Waals surface area contributed by atoms with Crippen molar-refractivity contribution in [2.24, 2.45) is 5.92 Å². The van der Waals surface area contributed by atoms with Gasteiger partial charge in [0, 0.05) is 24.7 Å². The predicted octanol–water partition coefficient (Wildman–Crippen LogP) is 4.32. The van der Waals surface area contributed by atoms with Crippen molar-refractivity contribution in [1.29, 1.82) is 0 Å². The van der Waals surface area contributed by atoms with Gasteiger partial charge in [-0.15, -0.1) is 10.2 Å². The fraction of sp³-hybridized carbons (Fsp3) is 0.609. The molecule has 0 spiro atoms. The summed E-state index contributed by atoms with van der Waals surface area (Å²) < 4.78 is 8.04. The van der Waals surface area contributed by atoms with E-state index < -0.39 is 0 Å². The average molecular weight is 478 g/mol. The fourth-order valence-corrected chi connectivity index (χ4v) is 5.35. The predicted molar refractivity (Wildman–Crippen MR) is 128 cm³/mol. The molecule has 3 heterocycles. The first-order chi connectivity index (χ1) is 15.5. The first-order valence-electron chi connectivity index (χ1n) is 11.5. The number of rotatable bonds is 8. The molecule has 174 valence electrons. The highest BCUT2D eigenvalue weighted by atomic mass is 35.5. The van der Waals surface area contributed by atoms with Gasteiger partial charge in [-0.2, -0.15) is 0 Å². The molecule has 0 bridgehead atoms. The summed E-state index contributed by atoms with van der Waals surface area (Å²) in [5.74, 6) is 1.87. The number of hydrogen-bond donors (Lipinski definition) is 1. The number of thioether (sulfide) groups is 1. The lowest BCUT2D eigenvalue weighted by molar-refractivity contribution is -0.119. The lowest BCUT2D eigenvalue weighted by Gasteiger charge is -2.31. The number of piperidine rings is 1. The number of anilines is 1. The SMILES string of the molecule is CC1CCN(c2nnc(SCC(=O)NC(C)c3ccccc3Cl)n2CC2CCCO2)CC1. The summed E-state index contributed by atoms with van der Waals surface area (Å²) >= 11 is 7.70. The van der Waals surface area contributed by atoms with Gasteiger partial charge in [-0.1, -0.05) is 48.5 Å². The molecule has 2 fully saturated rings. The van der Waals surface area contributed by atoms with Crippen molar-refractivity contribution in [3.05, 3.63) is 34.9 Å². The van der Waals surface area contributed by atoms with Gasteiger partial charge in [0.1, 0.15) is 0 Å². The zero-order chi connectivity index (χ0) is 22.5. The first kappa shape index (κ1) is 23.4. The molecule has 2 aliphatic rings. The fourth-order valence-electron chi connectivity index (χ4n) is 4.30. The molecule has 0 aliphatic carbocycles. The summed E-state index contributed by atoms with van der Waals surface area (Å²) in [4.78, 5) is 15.0. The zero-order valence-electron chi connectivity index (χ0n) is 18.8. The van der Waals surface area contributed by atoms with Crippen molar-refractivity contribution in [3.8, 4) is 0 Å². The number of nitrogens with one attached hydrogen (secondary N) is 1. The van der Waals surface area contributed by atoms with Crippen molar-refractivity contribution >= 4 is 35.2 Å². The van der Waals surface area contributed by atoms with E-state index in [4.69, 9.17) is 16.3 Å². The molecule has 4 rings (SSSR count). The smallest absolute Gasteiger partial charge is 0.230 e. The van der Waals surface area contributed by atoms with Gasteiger partial charge in [0.2, 0.25) is 11.9 Å². The van der Waals surface area contributed by atoms with Gasteiger partial charge in [-0.25, -0.2) is 0 Å². The van der Waals surface area contributed by atoms with E-state index in [0.717, 1.165) is 74.5 Å². The summed E-state index contributed by atoms with van der Waals surface area (Å²) in [6.45, 7) is 7.77. The van der Waals surface area contributed by atoms with Crippen LogP contribution in [0.25, 0.3) is 0 Å². The van der Waals surface area contributed by atoms with E-state index in [1.165, 1.54) is 11.8 Å². The number of halogens is 1. The number of amides is 1. The third-order valence-electron chi connectivity index (χ3n) is 6.26. The molecule has 0 saturated carbocycles. The maximum atomic E-state index is 12.6. The number of aromatic nitrogens is 3. The van der Waals surface area contributed by atoms with Crippen molar-refractivity contribution in [2.45, 2.75) is 63.4 Å². The van der Waals surface area contributed by atoms with E-state index in [0.29, 0.717) is 5.02 Å². The van der Waals surface area contributed by atoms with E-state index in [9.17, 15) is 4.79 Å². The first-order valence-corrected chi connectivity index (χ1v) is 12.8. The molecule has 2 saturated heterocycles. The Morgan fingerprint density at radius 3 is 2.78 bits per heavy atom. The molecule has 1 aromatic carbocycles. The Balaban J connectivity index is 1.41. The topological polar surface area (TPSA) is 72.3 Å². The lowest BCUT2D eigenvalue weighted by atomic mass is 10.00. The third-order valence-corrected chi connectivity index (χ3v) is 7.57. The van der Waals surface area contributed by atoms with Gasteiger partial charge < -0.3 is 15.0 Å². The summed E-state index contributed by atoms with van der Waals surface area (Å²) in [7, 11) is 0. The highest BCUT2D eigenvalue weighted by Gasteiger charge is 2.26. The molecule has 1 amide bonds. The van der Waals surface area contributed by atoms with Gasteiger partial charge in [-0.05, 0) is 50.2 Å². The lowest BCUT2D eigenvalue weighted by Crippen LogP contribution is -2.35. The summed E-state index contributed by atoms with van der Waals surface area (Å²) in [6.07, 6.45) is 4.65. The molecule has 2 unspecified atom stereocenters. The normalized spacial score (nSPS) is 20.5. The second-order valence-corrected chi connectivity index (χ2v) is 10.1. The molecule has 32 heavy (non-hydrogen) atoms. The largest absolute Gasteiger partial charge is 0.376 e. The molecule has 7 nitrogen and oxygen atoms in total. The minimum absolute atomic E-state index is 0.0533. The molecule has 1 N–H and O–H groups in total. The van der Waals surface area contributed by atoms with Crippen LogP contribution in [0.3, 0.4) is 0 Å². The van der Waals surface area contributed by atoms with E-state index in [1.807, 2.05) is 31.2 Å². The van der Waals surface area contributed by atoms with Gasteiger partial charge in [-0.3, -0.25) is 9.36 Å². The molecule has 2 aliphatic heterocycles. The number of ether oxygens (including phenoxy) is 1. The van der Waals surface area contributed by atoms with Crippen LogP contribution >= 0.6 is 23.4 Å². The molecule has 9 heteroatoms. The Kier molecular flexibility index (Phi) is 7.97. The Morgan fingerprint density at radius 2 is 2.06 bits per heavy atom. The van der Waals surface area contributed by atoms with Gasteiger partial charge in [0.15, 0.2) is 5.16 Å². The van der Waals surface area contributed by atoms with E-state index in [2.05, 4.69) is 31.9 Å². The van der Waals surface area contributed by atoms with E-state index in [-0.39, 0.29) is 23.8 Å². The van der Waals surface area contributed by atoms with Crippen LogP contribution in [-0.2, 0) is 16.1 Å². The van der Waals surface area contributed by atoms with Crippen molar-refractivity contribution in [3.63, 3.8) is 0 Å². The highest BCUT2D eigenvalue weighted by Crippen LogP contribution is 2.28. The molecular weight excluding hydrogens is 446 g/mol. The maximum Gasteiger partial charge on any atom is 0.230 e. The maximum absolute atomic E-state index is 12.6. The van der Waals surface area contributed by atoms with Gasteiger partial charge in [0.25, 0.3) is 0 Å². The van der Waals surface area contributed by atoms with Crippen LogP contribution in [0.1, 0.15) is 51.1 Å². The van der Waals surface area contributed by atoms with Crippen LogP contribution in [-0.4, -0.2) is 52.2 Å². The summed E-state index contributed by atoms with van der Waals surface area (Å²) in [6, 6.07) is 7.43. The number of carbonyl (C=O) groups is 1. The van der Waals surface area contributed by atoms with Gasteiger partial charge >= 0.3 is 0 Å². The zero-order valence-corrected chi connectivity index (χ0v) is 20.4. The van der Waals surface area contributed by atoms with Crippen LogP contribution < -0.4 is 10.2 Å². The Bertz CT molecular complexity index is 910. The average Bonchev–Trinajstić information content (AvgIpc) is 3.44. The Labute approximate surface area is 199 Å². The molecular formula is C23H32ClN5O2S. The van der Waals surface area contributed by atoms with Gasteiger partial charge in [0.05, 0.1) is 24.4 Å². The van der Waals surface area contributed by atoms with E-state index >= 15 is 0 Å². The number of nitrogens with zero attached hydrogens (tertiary/aromatic N) is 4. The number of carbonyl (C=O) groups excluding carboxylic acids is 1. The second-order valence-electron chi connectivity index (χ2n) is 8.80. The van der Waals surface area contributed by atoms with Crippen LogP contribution in [0, 0.1) is 5.92 Å². The molecule has 1 aromatic heterocycles. The second kappa shape index (κ2) is 10.9. The molecule has 0 radical (unpaired) electrons. The van der Waals surface area contributed by atoms with Crippen LogP contribution in [0.4, 0.5) is 5.95 Å².